The van der Waals surface area contributed by atoms with Crippen molar-refractivity contribution in [2.24, 2.45) is 0 Å². The van der Waals surface area contributed by atoms with Crippen LogP contribution in [0.2, 0.25) is 0 Å². The lowest BCUT2D eigenvalue weighted by molar-refractivity contribution is -0.138. The average molecular weight is 209 g/mol. The van der Waals surface area contributed by atoms with Gasteiger partial charge >= 0.3 is 5.97 Å². The highest BCUT2D eigenvalue weighted by atomic mass is 19.1. The number of hydrogen-bond acceptors (Lipinski definition) is 2. The fourth-order valence-electron chi connectivity index (χ4n) is 1.97. The Labute approximate surface area is 87.1 Å². The molecule has 3 nitrogen and oxygen atoms in total. The van der Waals surface area contributed by atoms with E-state index in [9.17, 15) is 9.18 Å². The van der Waals surface area contributed by atoms with Crippen LogP contribution in [-0.4, -0.2) is 23.7 Å². The van der Waals surface area contributed by atoms with Gasteiger partial charge in [0.15, 0.2) is 0 Å². The molecule has 1 heterocycles. The summed E-state index contributed by atoms with van der Waals surface area (Å²) in [6.45, 7) is 0.725. The van der Waals surface area contributed by atoms with Crippen LogP contribution >= 0.6 is 0 Å². The molecule has 1 aromatic carbocycles. The summed E-state index contributed by atoms with van der Waals surface area (Å²) in [5.74, 6) is -1.11. The van der Waals surface area contributed by atoms with Crippen molar-refractivity contribution in [2.75, 3.05) is 11.4 Å². The molecule has 0 aromatic heterocycles. The summed E-state index contributed by atoms with van der Waals surface area (Å²) >= 11 is 0. The first kappa shape index (κ1) is 9.96. The van der Waals surface area contributed by atoms with E-state index in [1.807, 2.05) is 4.90 Å². The second kappa shape index (κ2) is 3.88. The van der Waals surface area contributed by atoms with Crippen LogP contribution in [0.15, 0.2) is 24.3 Å². The molecule has 4 heteroatoms. The minimum Gasteiger partial charge on any atom is -0.480 e. The van der Waals surface area contributed by atoms with Crippen molar-refractivity contribution in [1.29, 1.82) is 0 Å². The molecule has 1 N–H and O–H groups in total. The number of benzene rings is 1. The van der Waals surface area contributed by atoms with Crippen LogP contribution in [0.4, 0.5) is 10.1 Å². The van der Waals surface area contributed by atoms with Gasteiger partial charge in [0.05, 0.1) is 0 Å². The number of carboxylic acids is 1. The second-order valence-electron chi connectivity index (χ2n) is 3.67. The smallest absolute Gasteiger partial charge is 0.326 e. The molecule has 1 saturated heterocycles. The van der Waals surface area contributed by atoms with Crippen LogP contribution in [-0.2, 0) is 4.79 Å². The fourth-order valence-corrected chi connectivity index (χ4v) is 1.97. The zero-order valence-corrected chi connectivity index (χ0v) is 8.19. The van der Waals surface area contributed by atoms with Crippen LogP contribution in [0.1, 0.15) is 12.8 Å². The number of carbonyl (C=O) groups is 1. The third kappa shape index (κ3) is 1.93. The normalized spacial score (nSPS) is 20.6. The molecule has 1 aromatic rings. The van der Waals surface area contributed by atoms with Crippen molar-refractivity contribution in [1.82, 2.24) is 0 Å². The molecule has 0 radical (unpaired) electrons. The van der Waals surface area contributed by atoms with E-state index in [0.717, 1.165) is 18.7 Å². The van der Waals surface area contributed by atoms with Gasteiger partial charge in [0.2, 0.25) is 0 Å². The van der Waals surface area contributed by atoms with Gasteiger partial charge in [-0.05, 0) is 37.1 Å². The van der Waals surface area contributed by atoms with Gasteiger partial charge in [-0.15, -0.1) is 0 Å². The predicted molar refractivity (Wildman–Crippen MR) is 54.4 cm³/mol. The van der Waals surface area contributed by atoms with Gasteiger partial charge in [-0.2, -0.15) is 0 Å². The van der Waals surface area contributed by atoms with Crippen molar-refractivity contribution in [3.05, 3.63) is 30.1 Å². The van der Waals surface area contributed by atoms with Crippen molar-refractivity contribution in [3.63, 3.8) is 0 Å². The fraction of sp³-hybridized carbons (Fsp3) is 0.364. The van der Waals surface area contributed by atoms with Crippen molar-refractivity contribution in [3.8, 4) is 0 Å². The number of nitrogens with zero attached hydrogens (tertiary/aromatic N) is 1. The molecular formula is C11H12FNO2. The molecule has 1 aliphatic rings. The summed E-state index contributed by atoms with van der Waals surface area (Å²) in [6, 6.07) is 5.49. The van der Waals surface area contributed by atoms with Crippen LogP contribution in [0.3, 0.4) is 0 Å². The average Bonchev–Trinajstić information content (AvgIpc) is 2.67. The molecule has 0 amide bonds. The van der Waals surface area contributed by atoms with Gasteiger partial charge in [0.25, 0.3) is 0 Å². The first-order valence-corrected chi connectivity index (χ1v) is 4.93. The SMILES string of the molecule is O=C(O)C1CCCN1c1ccc(F)cc1. The van der Waals surface area contributed by atoms with Crippen molar-refractivity contribution >= 4 is 11.7 Å². The standard InChI is InChI=1S/C11H12FNO2/c12-8-3-5-9(6-4-8)13-7-1-2-10(13)11(14)15/h3-6,10H,1-2,7H2,(H,14,15). The molecular weight excluding hydrogens is 197 g/mol. The topological polar surface area (TPSA) is 40.5 Å². The largest absolute Gasteiger partial charge is 0.480 e. The number of hydrogen-bond donors (Lipinski definition) is 1. The Balaban J connectivity index is 2.22. The summed E-state index contributed by atoms with van der Waals surface area (Å²) in [5, 5.41) is 8.98. The minimum atomic E-state index is -0.808. The Morgan fingerprint density at radius 2 is 2.07 bits per heavy atom. The Morgan fingerprint density at radius 1 is 1.40 bits per heavy atom. The molecule has 2 rings (SSSR count). The lowest BCUT2D eigenvalue weighted by Crippen LogP contribution is -2.35. The minimum absolute atomic E-state index is 0.301. The van der Waals surface area contributed by atoms with Gasteiger partial charge in [0.1, 0.15) is 11.9 Å². The second-order valence-corrected chi connectivity index (χ2v) is 3.67. The van der Waals surface area contributed by atoms with E-state index in [-0.39, 0.29) is 5.82 Å². The van der Waals surface area contributed by atoms with Gasteiger partial charge < -0.3 is 10.0 Å². The van der Waals surface area contributed by atoms with E-state index >= 15 is 0 Å². The Hall–Kier alpha value is -1.58. The molecule has 1 unspecified atom stereocenters. The molecule has 0 aliphatic carbocycles. The summed E-state index contributed by atoms with van der Waals surface area (Å²) in [7, 11) is 0. The van der Waals surface area contributed by atoms with Crippen molar-refractivity contribution < 1.29 is 14.3 Å². The van der Waals surface area contributed by atoms with E-state index in [4.69, 9.17) is 5.11 Å². The maximum atomic E-state index is 12.7. The third-order valence-electron chi connectivity index (χ3n) is 2.70. The zero-order valence-electron chi connectivity index (χ0n) is 8.19. The quantitative estimate of drug-likeness (QED) is 0.808. The highest BCUT2D eigenvalue weighted by molar-refractivity contribution is 5.78. The summed E-state index contributed by atoms with van der Waals surface area (Å²) in [5.41, 5.74) is 0.779. The van der Waals surface area contributed by atoms with Gasteiger partial charge in [0, 0.05) is 12.2 Å². The van der Waals surface area contributed by atoms with E-state index < -0.39 is 12.0 Å². The van der Waals surface area contributed by atoms with Crippen molar-refractivity contribution in [2.45, 2.75) is 18.9 Å². The Kier molecular flexibility index (Phi) is 2.58. The Morgan fingerprint density at radius 3 is 2.67 bits per heavy atom. The molecule has 1 atom stereocenters. The number of aliphatic carboxylic acids is 1. The van der Waals surface area contributed by atoms with Crippen LogP contribution in [0.5, 0.6) is 0 Å². The highest BCUT2D eigenvalue weighted by Crippen LogP contribution is 2.25. The van der Waals surface area contributed by atoms with E-state index in [0.29, 0.717) is 6.42 Å². The third-order valence-corrected chi connectivity index (χ3v) is 2.70. The van der Waals surface area contributed by atoms with Crippen LogP contribution < -0.4 is 4.90 Å². The molecule has 80 valence electrons. The maximum Gasteiger partial charge on any atom is 0.326 e. The molecule has 0 saturated carbocycles. The van der Waals surface area contributed by atoms with Gasteiger partial charge in [-0.25, -0.2) is 9.18 Å². The first-order chi connectivity index (χ1) is 7.18. The summed E-state index contributed by atoms with van der Waals surface area (Å²) in [4.78, 5) is 12.7. The van der Waals surface area contributed by atoms with Crippen LogP contribution in [0, 0.1) is 5.82 Å². The molecule has 0 spiro atoms. The van der Waals surface area contributed by atoms with E-state index in [1.165, 1.54) is 12.1 Å². The summed E-state index contributed by atoms with van der Waals surface area (Å²) in [6.07, 6.45) is 1.53. The maximum absolute atomic E-state index is 12.7. The van der Waals surface area contributed by atoms with Gasteiger partial charge in [-0.3, -0.25) is 0 Å². The van der Waals surface area contributed by atoms with Gasteiger partial charge in [-0.1, -0.05) is 0 Å². The number of rotatable bonds is 2. The zero-order chi connectivity index (χ0) is 10.8. The molecule has 1 aliphatic heterocycles. The lowest BCUT2D eigenvalue weighted by Gasteiger charge is -2.23. The van der Waals surface area contributed by atoms with E-state index in [2.05, 4.69) is 0 Å². The Bertz CT molecular complexity index is 363. The molecule has 0 bridgehead atoms. The monoisotopic (exact) mass is 209 g/mol. The lowest BCUT2D eigenvalue weighted by atomic mass is 10.2. The molecule has 15 heavy (non-hydrogen) atoms. The molecule has 1 fully saturated rings. The number of carboxylic acid groups (broad SMARTS) is 1. The van der Waals surface area contributed by atoms with E-state index in [1.54, 1.807) is 12.1 Å². The summed E-state index contributed by atoms with van der Waals surface area (Å²) < 4.78 is 12.7. The first-order valence-electron chi connectivity index (χ1n) is 4.93. The predicted octanol–water partition coefficient (Wildman–Crippen LogP) is 1.88. The number of anilines is 1. The van der Waals surface area contributed by atoms with Crippen LogP contribution in [0.25, 0.3) is 0 Å². The highest BCUT2D eigenvalue weighted by Gasteiger charge is 2.30. The number of halogens is 1.